The van der Waals surface area contributed by atoms with Crippen LogP contribution in [0.5, 0.6) is 0 Å². The third-order valence-corrected chi connectivity index (χ3v) is 2.56. The Kier molecular flexibility index (Phi) is 5.18. The van der Waals surface area contributed by atoms with Crippen molar-refractivity contribution in [2.45, 2.75) is 32.6 Å². The maximum atomic E-state index is 11.8. The van der Waals surface area contributed by atoms with E-state index in [1.54, 1.807) is 6.92 Å². The number of piperidine rings is 1. The van der Waals surface area contributed by atoms with Gasteiger partial charge in [0.25, 0.3) is 0 Å². The zero-order chi connectivity index (χ0) is 12.0. The van der Waals surface area contributed by atoms with Crippen LogP contribution in [0.25, 0.3) is 0 Å². The lowest BCUT2D eigenvalue weighted by molar-refractivity contribution is -0.130. The van der Waals surface area contributed by atoms with Crippen molar-refractivity contribution in [2.24, 2.45) is 10.8 Å². The molecule has 3 N–H and O–H groups in total. The summed E-state index contributed by atoms with van der Waals surface area (Å²) in [7, 11) is 0. The summed E-state index contributed by atoms with van der Waals surface area (Å²) >= 11 is 4.62. The molecule has 0 aliphatic carbocycles. The van der Waals surface area contributed by atoms with Gasteiger partial charge in [0.1, 0.15) is 0 Å². The summed E-state index contributed by atoms with van der Waals surface area (Å²) in [5.74, 6) is 0.130. The molecule has 0 unspecified atom stereocenters. The highest BCUT2D eigenvalue weighted by Gasteiger charge is 2.16. The standard InChI is InChI=1S/C10H18N4OS/c1-8(12-13-10(11)16)7-9(15)14-5-3-2-4-6-14/h2-7H2,1H3,(H3,11,13,16). The van der Waals surface area contributed by atoms with Crippen molar-refractivity contribution >= 4 is 28.9 Å². The average molecular weight is 242 g/mol. The first-order chi connectivity index (χ1) is 7.59. The van der Waals surface area contributed by atoms with Crippen molar-refractivity contribution in [1.29, 1.82) is 0 Å². The maximum Gasteiger partial charge on any atom is 0.228 e. The smallest absolute Gasteiger partial charge is 0.228 e. The summed E-state index contributed by atoms with van der Waals surface area (Å²) in [5, 5.41) is 4.03. The molecule has 0 atom stereocenters. The van der Waals surface area contributed by atoms with Gasteiger partial charge in [-0.3, -0.25) is 10.2 Å². The number of nitrogens with two attached hydrogens (primary N) is 1. The van der Waals surface area contributed by atoms with Gasteiger partial charge in [-0.2, -0.15) is 5.10 Å². The fraction of sp³-hybridized carbons (Fsp3) is 0.700. The second-order valence-corrected chi connectivity index (χ2v) is 4.38. The van der Waals surface area contributed by atoms with Crippen molar-refractivity contribution < 1.29 is 4.79 Å². The zero-order valence-electron chi connectivity index (χ0n) is 9.53. The molecule has 0 aromatic rings. The van der Waals surface area contributed by atoms with E-state index >= 15 is 0 Å². The van der Waals surface area contributed by atoms with Gasteiger partial charge in [-0.1, -0.05) is 0 Å². The highest BCUT2D eigenvalue weighted by Crippen LogP contribution is 2.09. The van der Waals surface area contributed by atoms with E-state index in [2.05, 4.69) is 22.7 Å². The summed E-state index contributed by atoms with van der Waals surface area (Å²) in [6.07, 6.45) is 3.76. The molecule has 16 heavy (non-hydrogen) atoms. The lowest BCUT2D eigenvalue weighted by Gasteiger charge is -2.26. The number of hydrogen-bond donors (Lipinski definition) is 2. The summed E-state index contributed by atoms with van der Waals surface area (Å²) in [6, 6.07) is 0. The van der Waals surface area contributed by atoms with Crippen molar-refractivity contribution in [3.63, 3.8) is 0 Å². The topological polar surface area (TPSA) is 70.7 Å². The molecular formula is C10H18N4OS. The van der Waals surface area contributed by atoms with Gasteiger partial charge in [-0.05, 0) is 38.4 Å². The first-order valence-electron chi connectivity index (χ1n) is 5.46. The van der Waals surface area contributed by atoms with E-state index in [4.69, 9.17) is 5.73 Å². The van der Waals surface area contributed by atoms with E-state index in [0.717, 1.165) is 25.9 Å². The van der Waals surface area contributed by atoms with E-state index < -0.39 is 0 Å². The molecule has 1 aliphatic heterocycles. The summed E-state index contributed by atoms with van der Waals surface area (Å²) in [5.41, 5.74) is 8.41. The highest BCUT2D eigenvalue weighted by atomic mass is 32.1. The highest BCUT2D eigenvalue weighted by molar-refractivity contribution is 7.80. The van der Waals surface area contributed by atoms with Crippen LogP contribution in [0.3, 0.4) is 0 Å². The number of carbonyl (C=O) groups excluding carboxylic acids is 1. The molecule has 1 rings (SSSR count). The van der Waals surface area contributed by atoms with Crippen molar-refractivity contribution in [3.8, 4) is 0 Å². The molecule has 1 heterocycles. The van der Waals surface area contributed by atoms with Gasteiger partial charge in [0.05, 0.1) is 6.42 Å². The van der Waals surface area contributed by atoms with E-state index in [1.165, 1.54) is 6.42 Å². The Bertz CT molecular complexity index is 297. The first-order valence-corrected chi connectivity index (χ1v) is 5.87. The Hall–Kier alpha value is -1.17. The quantitative estimate of drug-likeness (QED) is 0.432. The second-order valence-electron chi connectivity index (χ2n) is 3.94. The molecule has 0 spiro atoms. The number of nitrogens with one attached hydrogen (secondary N) is 1. The van der Waals surface area contributed by atoms with Crippen LogP contribution in [0.1, 0.15) is 32.6 Å². The number of hydrazone groups is 1. The van der Waals surface area contributed by atoms with E-state index in [9.17, 15) is 4.79 Å². The van der Waals surface area contributed by atoms with Crippen LogP contribution in [0, 0.1) is 0 Å². The molecule has 6 heteroatoms. The minimum Gasteiger partial charge on any atom is -0.375 e. The molecule has 1 fully saturated rings. The van der Waals surface area contributed by atoms with Crippen LogP contribution in [-0.4, -0.2) is 34.7 Å². The van der Waals surface area contributed by atoms with E-state index in [-0.39, 0.29) is 11.0 Å². The normalized spacial score (nSPS) is 17.1. The van der Waals surface area contributed by atoms with Gasteiger partial charge in [0.2, 0.25) is 5.91 Å². The summed E-state index contributed by atoms with van der Waals surface area (Å²) in [4.78, 5) is 13.7. The third-order valence-electron chi connectivity index (χ3n) is 2.47. The Labute approximate surface area is 101 Å². The number of thiocarbonyl (C=S) groups is 1. The molecule has 0 radical (unpaired) electrons. The number of amides is 1. The van der Waals surface area contributed by atoms with Crippen LogP contribution in [0.2, 0.25) is 0 Å². The Morgan fingerprint density at radius 1 is 1.44 bits per heavy atom. The molecule has 0 aromatic heterocycles. The van der Waals surface area contributed by atoms with Crippen molar-refractivity contribution in [2.75, 3.05) is 13.1 Å². The minimum atomic E-state index is 0.116. The minimum absolute atomic E-state index is 0.116. The largest absolute Gasteiger partial charge is 0.375 e. The first kappa shape index (κ1) is 12.9. The summed E-state index contributed by atoms with van der Waals surface area (Å²) < 4.78 is 0. The molecule has 1 amide bonds. The van der Waals surface area contributed by atoms with Crippen LogP contribution in [0.15, 0.2) is 5.10 Å². The SMILES string of the molecule is CC(CC(=O)N1CCCCC1)=NNC(N)=S. The number of hydrogen-bond acceptors (Lipinski definition) is 3. The maximum absolute atomic E-state index is 11.8. The number of likely N-dealkylation sites (tertiary alicyclic amines) is 1. The molecule has 0 saturated carbocycles. The lowest BCUT2D eigenvalue weighted by Crippen LogP contribution is -2.36. The molecule has 5 nitrogen and oxygen atoms in total. The average Bonchev–Trinajstić information content (AvgIpc) is 2.27. The molecule has 0 bridgehead atoms. The van der Waals surface area contributed by atoms with Crippen LogP contribution in [0.4, 0.5) is 0 Å². The zero-order valence-corrected chi connectivity index (χ0v) is 10.3. The van der Waals surface area contributed by atoms with Crippen LogP contribution in [-0.2, 0) is 4.79 Å². The van der Waals surface area contributed by atoms with Gasteiger partial charge < -0.3 is 10.6 Å². The van der Waals surface area contributed by atoms with Crippen molar-refractivity contribution in [3.05, 3.63) is 0 Å². The molecule has 0 aromatic carbocycles. The Morgan fingerprint density at radius 3 is 2.62 bits per heavy atom. The van der Waals surface area contributed by atoms with Gasteiger partial charge in [-0.25, -0.2) is 0 Å². The lowest BCUT2D eigenvalue weighted by atomic mass is 10.1. The third kappa shape index (κ3) is 4.57. The Balaban J connectivity index is 2.37. The van der Waals surface area contributed by atoms with Gasteiger partial charge in [0.15, 0.2) is 5.11 Å². The number of carbonyl (C=O) groups is 1. The predicted molar refractivity (Wildman–Crippen MR) is 68.1 cm³/mol. The van der Waals surface area contributed by atoms with E-state index in [0.29, 0.717) is 12.1 Å². The number of rotatable bonds is 3. The van der Waals surface area contributed by atoms with Gasteiger partial charge in [0, 0.05) is 18.8 Å². The fourth-order valence-electron chi connectivity index (χ4n) is 1.66. The van der Waals surface area contributed by atoms with Crippen LogP contribution >= 0.6 is 12.2 Å². The molecule has 90 valence electrons. The molecule has 1 aliphatic rings. The van der Waals surface area contributed by atoms with E-state index in [1.807, 2.05) is 4.90 Å². The van der Waals surface area contributed by atoms with Gasteiger partial charge in [-0.15, -0.1) is 0 Å². The molecule has 1 saturated heterocycles. The predicted octanol–water partition coefficient (Wildman–Crippen LogP) is 0.598. The Morgan fingerprint density at radius 2 is 2.06 bits per heavy atom. The van der Waals surface area contributed by atoms with Crippen LogP contribution < -0.4 is 11.2 Å². The number of nitrogens with zero attached hydrogens (tertiary/aromatic N) is 2. The summed E-state index contributed by atoms with van der Waals surface area (Å²) in [6.45, 7) is 3.52. The second kappa shape index (κ2) is 6.42. The van der Waals surface area contributed by atoms with Crippen molar-refractivity contribution in [1.82, 2.24) is 10.3 Å². The molecular weight excluding hydrogens is 224 g/mol. The monoisotopic (exact) mass is 242 g/mol. The fourth-order valence-corrected chi connectivity index (χ4v) is 1.71. The van der Waals surface area contributed by atoms with Gasteiger partial charge >= 0.3 is 0 Å².